The topological polar surface area (TPSA) is 41.6 Å². The van der Waals surface area contributed by atoms with Crippen LogP contribution < -0.4 is 4.72 Å². The van der Waals surface area contributed by atoms with E-state index in [1.807, 2.05) is 39.1 Å². The van der Waals surface area contributed by atoms with Gasteiger partial charge in [0.25, 0.3) is 0 Å². The number of anilines is 1. The van der Waals surface area contributed by atoms with Crippen LogP contribution in [0.25, 0.3) is 0 Å². The zero-order valence-electron chi connectivity index (χ0n) is 19.2. The third-order valence-corrected chi connectivity index (χ3v) is 6.74. The molecule has 0 radical (unpaired) electrons. The van der Waals surface area contributed by atoms with Crippen LogP contribution in [0, 0.1) is 0 Å². The first-order valence-corrected chi connectivity index (χ1v) is 12.1. The number of allylic oxidation sites excluding steroid dienone is 4. The van der Waals surface area contributed by atoms with Crippen LogP contribution in [0.15, 0.2) is 69.9 Å². The fourth-order valence-corrected chi connectivity index (χ4v) is 3.77. The number of rotatable bonds is 12. The molecule has 30 heavy (non-hydrogen) atoms. The van der Waals surface area contributed by atoms with E-state index in [1.54, 1.807) is 0 Å². The first kappa shape index (κ1) is 26.4. The predicted molar refractivity (Wildman–Crippen MR) is 137 cm³/mol. The number of likely N-dealkylation sites (N-methyl/N-ethyl adjacent to an activating group) is 2. The minimum absolute atomic E-state index is 0.706. The Kier molecular flexibility index (Phi) is 11.4. The highest BCUT2D eigenvalue weighted by atomic mass is 79.9. The first-order valence-electron chi connectivity index (χ1n) is 10.2. The Balaban J connectivity index is 2.64. The van der Waals surface area contributed by atoms with Crippen LogP contribution >= 0.6 is 15.9 Å². The maximum Gasteiger partial charge on any atom is 0.154 e. The van der Waals surface area contributed by atoms with Crippen LogP contribution in [-0.2, 0) is 17.8 Å². The van der Waals surface area contributed by atoms with E-state index in [9.17, 15) is 4.55 Å². The fourth-order valence-electron chi connectivity index (χ4n) is 2.71. The van der Waals surface area contributed by atoms with Gasteiger partial charge in [-0.05, 0) is 49.6 Å². The summed E-state index contributed by atoms with van der Waals surface area (Å²) < 4.78 is 16.8. The molecule has 0 saturated heterocycles. The second-order valence-corrected chi connectivity index (χ2v) is 10.1. The molecule has 0 bridgehead atoms. The van der Waals surface area contributed by atoms with Crippen LogP contribution in [0.2, 0.25) is 0 Å². The smallest absolute Gasteiger partial charge is 0.154 e. The Morgan fingerprint density at radius 3 is 2.20 bits per heavy atom. The number of halogens is 1. The van der Waals surface area contributed by atoms with Crippen molar-refractivity contribution in [3.8, 4) is 0 Å². The molecule has 6 heteroatoms. The molecule has 0 spiro atoms. The zero-order valence-corrected chi connectivity index (χ0v) is 21.6. The molecule has 0 saturated carbocycles. The highest BCUT2D eigenvalue weighted by molar-refractivity contribution is 9.11. The lowest BCUT2D eigenvalue weighted by Crippen LogP contribution is -2.30. The molecule has 0 aromatic heterocycles. The maximum atomic E-state index is 12.6. The van der Waals surface area contributed by atoms with Gasteiger partial charge in [-0.1, -0.05) is 54.6 Å². The van der Waals surface area contributed by atoms with Gasteiger partial charge in [-0.25, -0.2) is 4.72 Å². The van der Waals surface area contributed by atoms with E-state index < -0.39 is 11.4 Å². The maximum absolute atomic E-state index is 12.6. The van der Waals surface area contributed by atoms with Gasteiger partial charge in [0.1, 0.15) is 11.4 Å². The van der Waals surface area contributed by atoms with Gasteiger partial charge in [-0.15, -0.1) is 0 Å². The molecule has 1 rings (SSSR count). The van der Waals surface area contributed by atoms with Crippen molar-refractivity contribution >= 4 is 33.0 Å². The van der Waals surface area contributed by atoms with Crippen LogP contribution in [0.5, 0.6) is 0 Å². The largest absolute Gasteiger partial charge is 0.588 e. The molecule has 0 heterocycles. The highest BCUT2D eigenvalue weighted by Gasteiger charge is 2.13. The molecule has 0 aliphatic carbocycles. The number of benzene rings is 1. The third kappa shape index (κ3) is 8.62. The van der Waals surface area contributed by atoms with Crippen LogP contribution in [0.4, 0.5) is 5.69 Å². The summed E-state index contributed by atoms with van der Waals surface area (Å²) in [4.78, 5) is 4.98. The minimum Gasteiger partial charge on any atom is -0.588 e. The molecule has 1 atom stereocenters. The van der Waals surface area contributed by atoms with Gasteiger partial charge in [0, 0.05) is 50.0 Å². The molecular weight excluding hydrogens is 458 g/mol. The normalized spacial score (nSPS) is 13.4. The van der Waals surface area contributed by atoms with E-state index in [1.165, 1.54) is 11.3 Å². The van der Waals surface area contributed by atoms with Crippen molar-refractivity contribution < 1.29 is 4.55 Å². The van der Waals surface area contributed by atoms with E-state index in [0.717, 1.165) is 47.4 Å². The van der Waals surface area contributed by atoms with Crippen molar-refractivity contribution in [2.24, 2.45) is 0 Å². The molecule has 0 amide bonds. The molecular formula is C24H36BrN3OS. The lowest BCUT2D eigenvalue weighted by atomic mass is 10.1. The van der Waals surface area contributed by atoms with E-state index >= 15 is 0 Å². The van der Waals surface area contributed by atoms with Gasteiger partial charge < -0.3 is 14.4 Å². The molecule has 0 aliphatic rings. The number of aryl methyl sites for hydroxylation is 1. The van der Waals surface area contributed by atoms with Gasteiger partial charge >= 0.3 is 0 Å². The van der Waals surface area contributed by atoms with E-state index in [0.29, 0.717) is 4.91 Å². The lowest BCUT2D eigenvalue weighted by molar-refractivity contribution is 0.335. The number of hydrogen-bond acceptors (Lipinski definition) is 4. The van der Waals surface area contributed by atoms with Crippen molar-refractivity contribution in [1.29, 1.82) is 0 Å². The number of nitrogens with one attached hydrogen (secondary N) is 1. The average Bonchev–Trinajstić information content (AvgIpc) is 2.71. The summed E-state index contributed by atoms with van der Waals surface area (Å²) in [5, 5.41) is 0. The molecule has 1 aromatic rings. The van der Waals surface area contributed by atoms with Crippen molar-refractivity contribution in [2.45, 2.75) is 40.5 Å². The Morgan fingerprint density at radius 2 is 1.67 bits per heavy atom. The Labute approximate surface area is 194 Å². The summed E-state index contributed by atoms with van der Waals surface area (Å²) in [6.07, 6.45) is 4.01. The van der Waals surface area contributed by atoms with E-state index in [4.69, 9.17) is 0 Å². The summed E-state index contributed by atoms with van der Waals surface area (Å²) in [5.41, 5.74) is 4.91. The van der Waals surface area contributed by atoms with Crippen molar-refractivity contribution in [2.75, 3.05) is 31.9 Å². The average molecular weight is 495 g/mol. The van der Waals surface area contributed by atoms with Gasteiger partial charge in [-0.2, -0.15) is 0 Å². The summed E-state index contributed by atoms with van der Waals surface area (Å²) in [7, 11) is 4.07. The fraction of sp³-hybridized carbons (Fsp3) is 0.417. The predicted octanol–water partition coefficient (Wildman–Crippen LogP) is 6.20. The molecule has 1 unspecified atom stereocenters. The van der Waals surface area contributed by atoms with Crippen LogP contribution in [-0.4, -0.2) is 41.5 Å². The molecule has 4 nitrogen and oxygen atoms in total. The molecule has 1 aromatic carbocycles. The standard InChI is InChI=1S/C24H36BrN3OS/c1-9-10-23-11-13-24(14-12-23)26-30(29)19(3)17-18(2)21(5)27(7)15-16-28(8)22(6)20(4)25/h11-14,17,26H,2,5,9-10,15-16H2,1,3-4,6-8H3/b19-17+,22-20-. The Morgan fingerprint density at radius 1 is 1.10 bits per heavy atom. The quantitative estimate of drug-likeness (QED) is 0.278. The van der Waals surface area contributed by atoms with E-state index in [-0.39, 0.29) is 0 Å². The SMILES string of the molecule is C=C(/C=C(\C)[S+]([O-])Nc1ccc(CCC)cc1)C(=C)N(C)CCN(C)/C(C)=C(/C)Br. The Hall–Kier alpha value is -1.63. The second kappa shape index (κ2) is 12.9. The van der Waals surface area contributed by atoms with Gasteiger partial charge in [-0.3, -0.25) is 0 Å². The minimum atomic E-state index is -1.33. The lowest BCUT2D eigenvalue weighted by Gasteiger charge is -2.27. The first-order chi connectivity index (χ1) is 14.1. The number of hydrogen-bond donors (Lipinski definition) is 1. The molecule has 166 valence electrons. The van der Waals surface area contributed by atoms with Crippen molar-refractivity contribution in [3.63, 3.8) is 0 Å². The van der Waals surface area contributed by atoms with Gasteiger partial charge in [0.2, 0.25) is 0 Å². The summed E-state index contributed by atoms with van der Waals surface area (Å²) >= 11 is 2.20. The second-order valence-electron chi connectivity index (χ2n) is 7.51. The van der Waals surface area contributed by atoms with Crippen molar-refractivity contribution in [3.05, 3.63) is 75.4 Å². The van der Waals surface area contributed by atoms with E-state index in [2.05, 4.69) is 76.6 Å². The summed E-state index contributed by atoms with van der Waals surface area (Å²) in [6, 6.07) is 8.09. The highest BCUT2D eigenvalue weighted by Crippen LogP contribution is 2.20. The van der Waals surface area contributed by atoms with Crippen molar-refractivity contribution in [1.82, 2.24) is 9.80 Å². The monoisotopic (exact) mass is 493 g/mol. The Bertz CT molecular complexity index is 782. The van der Waals surface area contributed by atoms with Gasteiger partial charge in [0.15, 0.2) is 4.91 Å². The van der Waals surface area contributed by atoms with Crippen LogP contribution in [0.1, 0.15) is 39.7 Å². The molecule has 0 aliphatic heterocycles. The molecule has 1 N–H and O–H groups in total. The third-order valence-electron chi connectivity index (χ3n) is 5.05. The zero-order chi connectivity index (χ0) is 22.8. The van der Waals surface area contributed by atoms with Gasteiger partial charge in [0.05, 0.1) is 5.69 Å². The summed E-state index contributed by atoms with van der Waals surface area (Å²) in [5.74, 6) is 0. The molecule has 0 fully saturated rings. The van der Waals surface area contributed by atoms with Crippen LogP contribution in [0.3, 0.4) is 0 Å². The summed E-state index contributed by atoms with van der Waals surface area (Å²) in [6.45, 7) is 18.1. The number of nitrogens with zero attached hydrogens (tertiary/aromatic N) is 2.